The van der Waals surface area contributed by atoms with E-state index in [1.54, 1.807) is 12.1 Å². The fourth-order valence-electron chi connectivity index (χ4n) is 1.94. The number of amides is 2. The number of carbonyl (C=O) groups is 2. The summed E-state index contributed by atoms with van der Waals surface area (Å²) in [5.74, 6) is -2.70. The van der Waals surface area contributed by atoms with Gasteiger partial charge in [-0.25, -0.2) is 0 Å². The van der Waals surface area contributed by atoms with Gasteiger partial charge < -0.3 is 11.1 Å². The molecule has 2 rings (SSSR count). The minimum Gasteiger partial charge on any atom is -0.370 e. The highest BCUT2D eigenvalue weighted by atomic mass is 32.2. The van der Waals surface area contributed by atoms with Gasteiger partial charge in [-0.1, -0.05) is 23.9 Å². The van der Waals surface area contributed by atoms with Crippen molar-refractivity contribution in [2.24, 2.45) is 5.73 Å². The van der Waals surface area contributed by atoms with Crippen LogP contribution in [0.2, 0.25) is 0 Å². The standard InChI is InChI=1S/C17H16F2N2O2S2/c18-17(19)25-12-7-5-11(6-8-12)16(23)21-13-3-1-2-4-14(13)24-10-9-15(20)22/h1-8,17H,9-10H2,(H2,20,22)(H,21,23). The maximum absolute atomic E-state index is 12.3. The lowest BCUT2D eigenvalue weighted by molar-refractivity contribution is -0.117. The van der Waals surface area contributed by atoms with E-state index in [0.717, 1.165) is 4.90 Å². The molecule has 0 saturated heterocycles. The molecule has 0 aromatic heterocycles. The van der Waals surface area contributed by atoms with Crippen molar-refractivity contribution in [1.82, 2.24) is 0 Å². The van der Waals surface area contributed by atoms with E-state index in [0.29, 0.717) is 33.7 Å². The Morgan fingerprint density at radius 3 is 2.40 bits per heavy atom. The second-order valence-corrected chi connectivity index (χ2v) is 7.12. The van der Waals surface area contributed by atoms with Gasteiger partial charge in [-0.2, -0.15) is 8.78 Å². The molecular formula is C17H16F2N2O2S2. The highest BCUT2D eigenvalue weighted by Crippen LogP contribution is 2.28. The molecule has 0 spiro atoms. The molecule has 0 aliphatic heterocycles. The summed E-state index contributed by atoms with van der Waals surface area (Å²) in [5, 5.41) is 2.79. The quantitative estimate of drug-likeness (QED) is 0.671. The first-order chi connectivity index (χ1) is 12.0. The van der Waals surface area contributed by atoms with Crippen molar-refractivity contribution < 1.29 is 18.4 Å². The lowest BCUT2D eigenvalue weighted by Gasteiger charge is -2.11. The summed E-state index contributed by atoms with van der Waals surface area (Å²) >= 11 is 1.85. The molecule has 132 valence electrons. The van der Waals surface area contributed by atoms with Gasteiger partial charge in [-0.3, -0.25) is 9.59 Å². The third-order valence-corrected chi connectivity index (χ3v) is 4.88. The molecule has 2 amide bonds. The minimum absolute atomic E-state index is 0.246. The second-order valence-electron chi connectivity index (χ2n) is 4.92. The van der Waals surface area contributed by atoms with E-state index in [1.807, 2.05) is 12.1 Å². The predicted octanol–water partition coefficient (Wildman–Crippen LogP) is 4.22. The Bertz CT molecular complexity index is 740. The Morgan fingerprint density at radius 1 is 1.08 bits per heavy atom. The van der Waals surface area contributed by atoms with Gasteiger partial charge in [0, 0.05) is 27.5 Å². The van der Waals surface area contributed by atoms with Gasteiger partial charge in [-0.05, 0) is 36.4 Å². The molecule has 0 heterocycles. The number of hydrogen-bond acceptors (Lipinski definition) is 4. The fraction of sp³-hybridized carbons (Fsp3) is 0.176. The van der Waals surface area contributed by atoms with Gasteiger partial charge in [0.25, 0.3) is 11.7 Å². The summed E-state index contributed by atoms with van der Waals surface area (Å²) < 4.78 is 24.6. The van der Waals surface area contributed by atoms with Crippen molar-refractivity contribution in [3.05, 3.63) is 54.1 Å². The smallest absolute Gasteiger partial charge is 0.288 e. The number of carbonyl (C=O) groups excluding carboxylic acids is 2. The molecular weight excluding hydrogens is 366 g/mol. The van der Waals surface area contributed by atoms with Crippen LogP contribution in [0.4, 0.5) is 14.5 Å². The molecule has 0 unspecified atom stereocenters. The molecule has 0 aliphatic carbocycles. The highest BCUT2D eigenvalue weighted by Gasteiger charge is 2.11. The van der Waals surface area contributed by atoms with Crippen LogP contribution in [0.5, 0.6) is 0 Å². The topological polar surface area (TPSA) is 72.2 Å². The van der Waals surface area contributed by atoms with E-state index in [1.165, 1.54) is 36.0 Å². The summed E-state index contributed by atoms with van der Waals surface area (Å²) in [5.41, 5.74) is 6.11. The zero-order valence-electron chi connectivity index (χ0n) is 13.1. The molecule has 0 atom stereocenters. The van der Waals surface area contributed by atoms with Crippen LogP contribution in [0.15, 0.2) is 58.3 Å². The number of primary amides is 1. The zero-order chi connectivity index (χ0) is 18.2. The van der Waals surface area contributed by atoms with Crippen molar-refractivity contribution in [2.45, 2.75) is 22.0 Å². The van der Waals surface area contributed by atoms with Gasteiger partial charge in [0.2, 0.25) is 5.91 Å². The number of nitrogens with two attached hydrogens (primary N) is 1. The number of thioether (sulfide) groups is 2. The van der Waals surface area contributed by atoms with E-state index in [2.05, 4.69) is 5.32 Å². The zero-order valence-corrected chi connectivity index (χ0v) is 14.7. The van der Waals surface area contributed by atoms with Crippen molar-refractivity contribution in [3.8, 4) is 0 Å². The summed E-state index contributed by atoms with van der Waals surface area (Å²) in [6.45, 7) is 0. The third-order valence-electron chi connectivity index (χ3n) is 3.08. The highest BCUT2D eigenvalue weighted by molar-refractivity contribution is 7.99. The van der Waals surface area contributed by atoms with Crippen molar-refractivity contribution in [1.29, 1.82) is 0 Å². The first kappa shape index (κ1) is 19.3. The number of alkyl halides is 2. The maximum Gasteiger partial charge on any atom is 0.288 e. The van der Waals surface area contributed by atoms with Crippen LogP contribution in [0, 0.1) is 0 Å². The number of rotatable bonds is 8. The van der Waals surface area contributed by atoms with Crippen LogP contribution in [0.1, 0.15) is 16.8 Å². The Hall–Kier alpha value is -2.06. The van der Waals surface area contributed by atoms with Gasteiger partial charge >= 0.3 is 0 Å². The SMILES string of the molecule is NC(=O)CCSc1ccccc1NC(=O)c1ccc(SC(F)F)cc1. The number of nitrogens with one attached hydrogen (secondary N) is 1. The number of benzene rings is 2. The molecule has 0 radical (unpaired) electrons. The first-order valence-corrected chi connectivity index (χ1v) is 9.18. The fourth-order valence-corrected chi connectivity index (χ4v) is 3.41. The second kappa shape index (κ2) is 9.43. The normalized spacial score (nSPS) is 10.7. The molecule has 3 N–H and O–H groups in total. The average molecular weight is 382 g/mol. The maximum atomic E-state index is 12.3. The molecule has 8 heteroatoms. The van der Waals surface area contributed by atoms with Gasteiger partial charge in [0.15, 0.2) is 0 Å². The molecule has 0 aliphatic rings. The van der Waals surface area contributed by atoms with E-state index in [4.69, 9.17) is 5.73 Å². The van der Waals surface area contributed by atoms with E-state index in [-0.39, 0.29) is 18.2 Å². The molecule has 0 bridgehead atoms. The monoisotopic (exact) mass is 382 g/mol. The lowest BCUT2D eigenvalue weighted by atomic mass is 10.2. The molecule has 2 aromatic rings. The molecule has 2 aromatic carbocycles. The van der Waals surface area contributed by atoms with E-state index >= 15 is 0 Å². The minimum atomic E-state index is -2.50. The van der Waals surface area contributed by atoms with Crippen LogP contribution < -0.4 is 11.1 Å². The van der Waals surface area contributed by atoms with Crippen LogP contribution >= 0.6 is 23.5 Å². The van der Waals surface area contributed by atoms with Crippen LogP contribution in [0.25, 0.3) is 0 Å². The van der Waals surface area contributed by atoms with Crippen LogP contribution in [0.3, 0.4) is 0 Å². The van der Waals surface area contributed by atoms with Crippen molar-refractivity contribution in [3.63, 3.8) is 0 Å². The van der Waals surface area contributed by atoms with Crippen molar-refractivity contribution >= 4 is 41.0 Å². The molecule has 4 nitrogen and oxygen atoms in total. The number of halogens is 2. The summed E-state index contributed by atoms with van der Waals surface area (Å²) in [6, 6.07) is 13.2. The van der Waals surface area contributed by atoms with Crippen molar-refractivity contribution in [2.75, 3.05) is 11.1 Å². The van der Waals surface area contributed by atoms with E-state index < -0.39 is 5.76 Å². The summed E-state index contributed by atoms with van der Waals surface area (Å²) in [6.07, 6.45) is 0.246. The Labute approximate surface area is 152 Å². The van der Waals surface area contributed by atoms with Crippen LogP contribution in [-0.4, -0.2) is 23.3 Å². The molecule has 0 saturated carbocycles. The third kappa shape index (κ3) is 6.39. The Morgan fingerprint density at radius 2 is 1.76 bits per heavy atom. The average Bonchev–Trinajstić information content (AvgIpc) is 2.56. The Kier molecular flexibility index (Phi) is 7.27. The molecule has 0 fully saturated rings. The predicted molar refractivity (Wildman–Crippen MR) is 97.2 cm³/mol. The lowest BCUT2D eigenvalue weighted by Crippen LogP contribution is -2.13. The van der Waals surface area contributed by atoms with Gasteiger partial charge in [0.05, 0.1) is 5.69 Å². The molecule has 25 heavy (non-hydrogen) atoms. The summed E-state index contributed by atoms with van der Waals surface area (Å²) in [4.78, 5) is 24.4. The number of para-hydroxylation sites is 1. The first-order valence-electron chi connectivity index (χ1n) is 7.32. The van der Waals surface area contributed by atoms with Crippen LogP contribution in [-0.2, 0) is 4.79 Å². The number of hydrogen-bond donors (Lipinski definition) is 2. The van der Waals surface area contributed by atoms with Gasteiger partial charge in [0.1, 0.15) is 0 Å². The van der Waals surface area contributed by atoms with Gasteiger partial charge in [-0.15, -0.1) is 11.8 Å². The largest absolute Gasteiger partial charge is 0.370 e. The van der Waals surface area contributed by atoms with E-state index in [9.17, 15) is 18.4 Å². The number of anilines is 1. The summed E-state index contributed by atoms with van der Waals surface area (Å²) in [7, 11) is 0. The Balaban J connectivity index is 2.03.